The maximum absolute atomic E-state index is 10.8. The van der Waals surface area contributed by atoms with Gasteiger partial charge in [0.15, 0.2) is 0 Å². The van der Waals surface area contributed by atoms with Gasteiger partial charge in [-0.1, -0.05) is 15.9 Å². The number of carboxylic acids is 1. The fourth-order valence-electron chi connectivity index (χ4n) is 1.02. The van der Waals surface area contributed by atoms with Crippen molar-refractivity contribution < 1.29 is 14.6 Å². The van der Waals surface area contributed by atoms with Crippen molar-refractivity contribution in [3.8, 4) is 0 Å². The Hall–Kier alpha value is -0.0900. The number of carbonyl (C=O) groups is 1. The Morgan fingerprint density at radius 1 is 1.91 bits per heavy atom. The van der Waals surface area contributed by atoms with Crippen molar-refractivity contribution in [1.29, 1.82) is 0 Å². The van der Waals surface area contributed by atoms with Crippen molar-refractivity contribution in [1.82, 2.24) is 0 Å². The maximum atomic E-state index is 10.8. The Morgan fingerprint density at radius 3 is 2.73 bits per heavy atom. The van der Waals surface area contributed by atoms with E-state index >= 15 is 0 Å². The zero-order chi connectivity index (χ0) is 8.48. The molecule has 0 spiro atoms. The second-order valence-corrected chi connectivity index (χ2v) is 3.78. The second-order valence-electron chi connectivity index (χ2n) is 2.98. The van der Waals surface area contributed by atoms with Crippen molar-refractivity contribution in [2.24, 2.45) is 5.41 Å². The molecule has 1 rings (SSSR count). The van der Waals surface area contributed by atoms with Crippen LogP contribution in [0.15, 0.2) is 0 Å². The summed E-state index contributed by atoms with van der Waals surface area (Å²) in [6, 6.07) is 0. The van der Waals surface area contributed by atoms with Gasteiger partial charge in [0.1, 0.15) is 0 Å². The van der Waals surface area contributed by atoms with Crippen LogP contribution in [0.5, 0.6) is 0 Å². The number of carboxylic acid groups (broad SMARTS) is 1. The van der Waals surface area contributed by atoms with Crippen LogP contribution in [0.3, 0.4) is 0 Å². The van der Waals surface area contributed by atoms with E-state index in [4.69, 9.17) is 9.84 Å². The van der Waals surface area contributed by atoms with Crippen LogP contribution in [0.25, 0.3) is 0 Å². The molecule has 0 aromatic heterocycles. The normalized spacial score (nSPS) is 27.6. The minimum atomic E-state index is -0.764. The van der Waals surface area contributed by atoms with Crippen molar-refractivity contribution in [2.75, 3.05) is 11.9 Å². The van der Waals surface area contributed by atoms with E-state index in [0.29, 0.717) is 18.4 Å². The molecular formula is C7H11BrO3. The molecule has 0 aliphatic carbocycles. The molecule has 4 heteroatoms. The van der Waals surface area contributed by atoms with Gasteiger partial charge in [-0.15, -0.1) is 0 Å². The molecule has 3 nitrogen and oxygen atoms in total. The highest BCUT2D eigenvalue weighted by molar-refractivity contribution is 9.09. The molecule has 2 unspecified atom stereocenters. The third-order valence-electron chi connectivity index (χ3n) is 2.15. The first kappa shape index (κ1) is 9.00. The number of halogens is 1. The fourth-order valence-corrected chi connectivity index (χ4v) is 1.84. The predicted octanol–water partition coefficient (Wildman–Crippen LogP) is 1.26. The lowest BCUT2D eigenvalue weighted by atomic mass is 9.84. The molecule has 11 heavy (non-hydrogen) atoms. The topological polar surface area (TPSA) is 49.8 Å². The minimum Gasteiger partial charge on any atom is -0.481 e. The number of hydrogen-bond acceptors (Lipinski definition) is 2. The van der Waals surface area contributed by atoms with Crippen LogP contribution < -0.4 is 0 Å². The summed E-state index contributed by atoms with van der Waals surface area (Å²) in [7, 11) is 0. The largest absolute Gasteiger partial charge is 0.481 e. The van der Waals surface area contributed by atoms with Crippen LogP contribution in [0.2, 0.25) is 0 Å². The van der Waals surface area contributed by atoms with Crippen molar-refractivity contribution in [3.05, 3.63) is 0 Å². The molecule has 0 radical (unpaired) electrons. The first-order chi connectivity index (χ1) is 5.11. The molecule has 1 saturated heterocycles. The summed E-state index contributed by atoms with van der Waals surface area (Å²) < 4.78 is 4.99. The third kappa shape index (κ3) is 1.73. The summed E-state index contributed by atoms with van der Waals surface area (Å²) in [6.45, 7) is 2.32. The van der Waals surface area contributed by atoms with E-state index in [1.807, 2.05) is 0 Å². The number of aliphatic carboxylic acids is 1. The Labute approximate surface area is 73.9 Å². The first-order valence-corrected chi connectivity index (χ1v) is 4.64. The second kappa shape index (κ2) is 3.11. The van der Waals surface area contributed by atoms with E-state index in [2.05, 4.69) is 15.9 Å². The number of alkyl halides is 1. The minimum absolute atomic E-state index is 0.0717. The summed E-state index contributed by atoms with van der Waals surface area (Å²) in [6.07, 6.45) is 0.546. The van der Waals surface area contributed by atoms with Gasteiger partial charge in [0.25, 0.3) is 0 Å². The smallest absolute Gasteiger partial charge is 0.312 e. The summed E-state index contributed by atoms with van der Waals surface area (Å²) in [5, 5.41) is 9.58. The van der Waals surface area contributed by atoms with Crippen LogP contribution in [-0.2, 0) is 9.53 Å². The Balaban J connectivity index is 2.61. The maximum Gasteiger partial charge on any atom is 0.312 e. The van der Waals surface area contributed by atoms with E-state index in [9.17, 15) is 4.79 Å². The van der Waals surface area contributed by atoms with E-state index in [1.54, 1.807) is 6.92 Å². The van der Waals surface area contributed by atoms with Crippen LogP contribution in [-0.4, -0.2) is 29.1 Å². The van der Waals surface area contributed by atoms with E-state index < -0.39 is 11.4 Å². The summed E-state index contributed by atoms with van der Waals surface area (Å²) in [5.41, 5.74) is -0.691. The highest BCUT2D eigenvalue weighted by Crippen LogP contribution is 2.36. The molecule has 1 N–H and O–H groups in total. The Morgan fingerprint density at radius 2 is 2.45 bits per heavy atom. The first-order valence-electron chi connectivity index (χ1n) is 3.52. The molecule has 1 heterocycles. The summed E-state index contributed by atoms with van der Waals surface area (Å²) in [5.74, 6) is -0.764. The molecule has 0 aromatic carbocycles. The van der Waals surface area contributed by atoms with Gasteiger partial charge in [-0.05, 0) is 13.3 Å². The van der Waals surface area contributed by atoms with Gasteiger partial charge in [-0.2, -0.15) is 0 Å². The molecule has 1 aliphatic heterocycles. The molecule has 0 amide bonds. The lowest BCUT2D eigenvalue weighted by molar-refractivity contribution is -0.149. The van der Waals surface area contributed by atoms with Gasteiger partial charge >= 0.3 is 5.97 Å². The summed E-state index contributed by atoms with van der Waals surface area (Å²) >= 11 is 3.23. The molecule has 64 valence electrons. The number of ether oxygens (including phenoxy) is 1. The van der Waals surface area contributed by atoms with Gasteiger partial charge in [-0.3, -0.25) is 4.79 Å². The van der Waals surface area contributed by atoms with Gasteiger partial charge in [0.05, 0.1) is 18.1 Å². The fraction of sp³-hybridized carbons (Fsp3) is 0.857. The summed E-state index contributed by atoms with van der Waals surface area (Å²) in [4.78, 5) is 10.8. The molecule has 0 saturated carbocycles. The zero-order valence-corrected chi connectivity index (χ0v) is 7.93. The molecular weight excluding hydrogens is 212 g/mol. The SMILES string of the molecule is CC(CCBr)(C(=O)O)C1CO1. The monoisotopic (exact) mass is 222 g/mol. The standard InChI is InChI=1S/C7H11BrO3/c1-7(2-3-8,6(9)10)5-4-11-5/h5H,2-4H2,1H3,(H,9,10). The zero-order valence-electron chi connectivity index (χ0n) is 6.34. The van der Waals surface area contributed by atoms with Gasteiger partial charge < -0.3 is 9.84 Å². The van der Waals surface area contributed by atoms with Crippen LogP contribution >= 0.6 is 15.9 Å². The highest BCUT2D eigenvalue weighted by atomic mass is 79.9. The Kier molecular flexibility index (Phi) is 2.54. The van der Waals surface area contributed by atoms with Crippen molar-refractivity contribution >= 4 is 21.9 Å². The third-order valence-corrected chi connectivity index (χ3v) is 2.54. The lowest BCUT2D eigenvalue weighted by Gasteiger charge is -2.20. The lowest BCUT2D eigenvalue weighted by Crippen LogP contribution is -2.33. The highest BCUT2D eigenvalue weighted by Gasteiger charge is 2.48. The molecule has 0 aromatic rings. The van der Waals surface area contributed by atoms with Crippen molar-refractivity contribution in [3.63, 3.8) is 0 Å². The van der Waals surface area contributed by atoms with Gasteiger partial charge in [0, 0.05) is 5.33 Å². The Bertz CT molecular complexity index is 167. The molecule has 2 atom stereocenters. The average Bonchev–Trinajstić information content (AvgIpc) is 2.68. The van der Waals surface area contributed by atoms with Crippen LogP contribution in [0.4, 0.5) is 0 Å². The van der Waals surface area contributed by atoms with Crippen molar-refractivity contribution in [2.45, 2.75) is 19.4 Å². The van der Waals surface area contributed by atoms with Gasteiger partial charge in [0.2, 0.25) is 0 Å². The number of hydrogen-bond donors (Lipinski definition) is 1. The van der Waals surface area contributed by atoms with E-state index in [0.717, 1.165) is 0 Å². The molecule has 1 aliphatic rings. The quantitative estimate of drug-likeness (QED) is 0.576. The number of rotatable bonds is 4. The van der Waals surface area contributed by atoms with Crippen LogP contribution in [0.1, 0.15) is 13.3 Å². The van der Waals surface area contributed by atoms with Gasteiger partial charge in [-0.25, -0.2) is 0 Å². The van der Waals surface area contributed by atoms with E-state index in [1.165, 1.54) is 0 Å². The van der Waals surface area contributed by atoms with E-state index in [-0.39, 0.29) is 6.10 Å². The molecule has 0 bridgehead atoms. The van der Waals surface area contributed by atoms with Crippen LogP contribution in [0, 0.1) is 5.41 Å². The molecule has 1 fully saturated rings. The average molecular weight is 223 g/mol. The number of epoxide rings is 1. The predicted molar refractivity (Wildman–Crippen MR) is 43.9 cm³/mol.